The maximum Gasteiger partial charge on any atom is 0.246 e. The zero-order valence-corrected chi connectivity index (χ0v) is 28.3. The fourth-order valence-corrected chi connectivity index (χ4v) is 10.2. The van der Waals surface area contributed by atoms with E-state index >= 15 is 0 Å². The molecule has 0 spiro atoms. The van der Waals surface area contributed by atoms with Crippen LogP contribution in [0.1, 0.15) is 57.1 Å². The zero-order valence-electron chi connectivity index (χ0n) is 27.5. The van der Waals surface area contributed by atoms with Crippen molar-refractivity contribution in [3.63, 3.8) is 0 Å². The van der Waals surface area contributed by atoms with E-state index in [1.54, 1.807) is 18.5 Å². The van der Waals surface area contributed by atoms with Crippen LogP contribution >= 0.6 is 0 Å². The van der Waals surface area contributed by atoms with E-state index in [0.717, 1.165) is 47.8 Å². The second kappa shape index (κ2) is 13.2. The number of carbonyl (C=O) groups is 1. The minimum Gasteiger partial charge on any atom is -0.378 e. The molecular weight excluding hydrogens is 635 g/mol. The molecule has 48 heavy (non-hydrogen) atoms. The summed E-state index contributed by atoms with van der Waals surface area (Å²) in [5, 5.41) is 4.45. The molecule has 0 aliphatic carbocycles. The molecule has 1 amide bonds. The predicted octanol–water partition coefficient (Wildman–Crippen LogP) is 4.37. The number of alkyl halides is 1. The van der Waals surface area contributed by atoms with E-state index in [0.29, 0.717) is 56.6 Å². The van der Waals surface area contributed by atoms with Crippen LogP contribution in [-0.2, 0) is 19.4 Å². The maximum absolute atomic E-state index is 14.6. The topological polar surface area (TPSA) is 134 Å². The predicted molar refractivity (Wildman–Crippen MR) is 183 cm³/mol. The number of piperidine rings is 1. The highest BCUT2D eigenvalue weighted by molar-refractivity contribution is 7.92. The average molecular weight is 679 g/mol. The monoisotopic (exact) mass is 678 g/mol. The number of nitrogens with zero attached hydrogens (tertiary/aromatic N) is 7. The van der Waals surface area contributed by atoms with Crippen LogP contribution in [0.4, 0.5) is 27.8 Å². The summed E-state index contributed by atoms with van der Waals surface area (Å²) in [6.07, 6.45) is 9.68. The van der Waals surface area contributed by atoms with Crippen molar-refractivity contribution in [2.45, 2.75) is 74.3 Å². The van der Waals surface area contributed by atoms with Crippen LogP contribution in [0.5, 0.6) is 0 Å². The molecular formula is C34H43FN8O4S. The third-order valence-corrected chi connectivity index (χ3v) is 13.5. The summed E-state index contributed by atoms with van der Waals surface area (Å²) in [6, 6.07) is 3.53. The molecule has 3 unspecified atom stereocenters. The number of fused-ring (bicyclic) bond motifs is 1. The van der Waals surface area contributed by atoms with Crippen molar-refractivity contribution in [2.24, 2.45) is 5.92 Å². The standard InChI is InChI=1S/C34H43FN8O4S/c1-4-32(44)43-13-6-8-27(43)24-16-38-33(42-18-22(19-42)29-9-5-7-21(2)48(29,45)46)25-17-37-31(15-23(24)25)39-30-10-12-36-34(40-30)41-14-11-28(47-3)26(35)20-41/h4,10,12,15-17,21-22,26-29H,1,5-9,11,13-14,18-20H2,2-3H3,(H,36,37,39,40)/t21?,26-,27?,28+,29?/m0/s1. The van der Waals surface area contributed by atoms with Gasteiger partial charge in [0.05, 0.1) is 29.2 Å². The summed E-state index contributed by atoms with van der Waals surface area (Å²) in [4.78, 5) is 37.3. The Balaban J connectivity index is 1.18. The number of rotatable bonds is 8. The van der Waals surface area contributed by atoms with Gasteiger partial charge in [0.15, 0.2) is 9.84 Å². The number of anilines is 4. The van der Waals surface area contributed by atoms with E-state index in [4.69, 9.17) is 14.7 Å². The molecule has 0 radical (unpaired) electrons. The lowest BCUT2D eigenvalue weighted by Crippen LogP contribution is -2.56. The first-order valence-electron chi connectivity index (χ1n) is 16.9. The molecule has 4 aliphatic rings. The molecule has 1 N–H and O–H groups in total. The Kier molecular flexibility index (Phi) is 8.96. The molecule has 4 aliphatic heterocycles. The largest absolute Gasteiger partial charge is 0.378 e. The number of nitrogens with one attached hydrogen (secondary N) is 1. The Morgan fingerprint density at radius 3 is 2.62 bits per heavy atom. The Morgan fingerprint density at radius 1 is 1.02 bits per heavy atom. The van der Waals surface area contributed by atoms with Gasteiger partial charge < -0.3 is 24.8 Å². The van der Waals surface area contributed by atoms with E-state index in [1.807, 2.05) is 29.0 Å². The minimum absolute atomic E-state index is 0.0682. The fraction of sp³-hybridized carbons (Fsp3) is 0.559. The van der Waals surface area contributed by atoms with Gasteiger partial charge in [0.2, 0.25) is 11.9 Å². The number of ether oxygens (including phenoxy) is 1. The van der Waals surface area contributed by atoms with Gasteiger partial charge in [0.25, 0.3) is 0 Å². The number of aromatic nitrogens is 4. The fourth-order valence-electron chi connectivity index (χ4n) is 7.89. The Hall–Kier alpha value is -3.91. The smallest absolute Gasteiger partial charge is 0.246 e. The molecule has 0 bridgehead atoms. The van der Waals surface area contributed by atoms with Crippen LogP contribution in [0.2, 0.25) is 0 Å². The highest BCUT2D eigenvalue weighted by atomic mass is 32.2. The third kappa shape index (κ3) is 5.97. The number of carbonyl (C=O) groups excluding carboxylic acids is 1. The van der Waals surface area contributed by atoms with Gasteiger partial charge in [-0.1, -0.05) is 13.0 Å². The first-order chi connectivity index (χ1) is 23.2. The molecule has 7 rings (SSSR count). The molecule has 7 heterocycles. The lowest BCUT2D eigenvalue weighted by Gasteiger charge is -2.46. The first kappa shape index (κ1) is 32.6. The van der Waals surface area contributed by atoms with Crippen molar-refractivity contribution in [1.29, 1.82) is 0 Å². The third-order valence-electron chi connectivity index (χ3n) is 10.6. The minimum atomic E-state index is -3.15. The van der Waals surface area contributed by atoms with Crippen molar-refractivity contribution in [1.82, 2.24) is 24.8 Å². The van der Waals surface area contributed by atoms with E-state index in [2.05, 4.69) is 26.8 Å². The van der Waals surface area contributed by atoms with Crippen molar-refractivity contribution >= 4 is 49.9 Å². The second-order valence-corrected chi connectivity index (χ2v) is 16.1. The van der Waals surface area contributed by atoms with Crippen molar-refractivity contribution in [3.05, 3.63) is 48.9 Å². The molecule has 256 valence electrons. The summed E-state index contributed by atoms with van der Waals surface area (Å²) < 4.78 is 46.1. The lowest BCUT2D eigenvalue weighted by molar-refractivity contribution is -0.126. The van der Waals surface area contributed by atoms with Crippen LogP contribution in [0, 0.1) is 5.92 Å². The van der Waals surface area contributed by atoms with E-state index in [-0.39, 0.29) is 34.9 Å². The van der Waals surface area contributed by atoms with Gasteiger partial charge >= 0.3 is 0 Å². The number of methoxy groups -OCH3 is 1. The Bertz CT molecular complexity index is 1800. The van der Waals surface area contributed by atoms with Crippen LogP contribution in [0.3, 0.4) is 0 Å². The van der Waals surface area contributed by atoms with Crippen LogP contribution in [0.25, 0.3) is 10.8 Å². The van der Waals surface area contributed by atoms with Crippen molar-refractivity contribution in [2.75, 3.05) is 55.0 Å². The van der Waals surface area contributed by atoms with Gasteiger partial charge in [0, 0.05) is 68.7 Å². The van der Waals surface area contributed by atoms with Gasteiger partial charge in [0.1, 0.15) is 23.6 Å². The number of pyridine rings is 2. The van der Waals surface area contributed by atoms with E-state index in [1.165, 1.54) is 13.2 Å². The SMILES string of the molecule is C=CC(=O)N1CCCC1c1cnc(N2CC(C3CCCC(C)S3(=O)=O)C2)c2cnc(Nc3ccnc(N4CC[C@@H](OC)[C@@H](F)C4)n3)cc12. The zero-order chi connectivity index (χ0) is 33.6. The van der Waals surface area contributed by atoms with E-state index in [9.17, 15) is 17.6 Å². The van der Waals surface area contributed by atoms with E-state index < -0.39 is 22.1 Å². The summed E-state index contributed by atoms with van der Waals surface area (Å²) in [5.41, 5.74) is 0.922. The number of likely N-dealkylation sites (tertiary alicyclic amines) is 1. The van der Waals surface area contributed by atoms with Crippen LogP contribution < -0.4 is 15.1 Å². The number of amides is 1. The summed E-state index contributed by atoms with van der Waals surface area (Å²) in [6.45, 7) is 8.15. The molecule has 0 saturated carbocycles. The van der Waals surface area contributed by atoms with Gasteiger partial charge in [-0.25, -0.2) is 27.8 Å². The highest BCUT2D eigenvalue weighted by Crippen LogP contribution is 2.42. The van der Waals surface area contributed by atoms with Gasteiger partial charge in [-0.3, -0.25) is 4.79 Å². The van der Waals surface area contributed by atoms with Gasteiger partial charge in [-0.2, -0.15) is 4.98 Å². The summed E-state index contributed by atoms with van der Waals surface area (Å²) in [5.74, 6) is 2.21. The first-order valence-corrected chi connectivity index (χ1v) is 18.5. The molecule has 12 nitrogen and oxygen atoms in total. The molecule has 14 heteroatoms. The Labute approximate surface area is 280 Å². The van der Waals surface area contributed by atoms with Crippen LogP contribution in [0.15, 0.2) is 43.4 Å². The molecule has 3 aromatic rings. The average Bonchev–Trinajstić information content (AvgIpc) is 3.55. The summed E-state index contributed by atoms with van der Waals surface area (Å²) in [7, 11) is -1.62. The maximum atomic E-state index is 14.6. The van der Waals surface area contributed by atoms with Crippen molar-refractivity contribution in [3.8, 4) is 0 Å². The summed E-state index contributed by atoms with van der Waals surface area (Å²) >= 11 is 0. The molecule has 3 aromatic heterocycles. The molecule has 4 saturated heterocycles. The van der Waals surface area contributed by atoms with Gasteiger partial charge in [-0.05, 0) is 62.6 Å². The normalized spacial score (nSPS) is 27.6. The second-order valence-electron chi connectivity index (χ2n) is 13.5. The highest BCUT2D eigenvalue weighted by Gasteiger charge is 2.45. The molecule has 0 aromatic carbocycles. The lowest BCUT2D eigenvalue weighted by atomic mass is 9.91. The number of sulfone groups is 1. The molecule has 5 atom stereocenters. The quantitative estimate of drug-likeness (QED) is 0.341. The van der Waals surface area contributed by atoms with Crippen LogP contribution in [-0.4, -0.2) is 102 Å². The number of hydrogen-bond donors (Lipinski definition) is 1. The molecule has 4 fully saturated rings. The van der Waals surface area contributed by atoms with Gasteiger partial charge in [-0.15, -0.1) is 0 Å². The van der Waals surface area contributed by atoms with Crippen molar-refractivity contribution < 1.29 is 22.3 Å². The number of halogens is 1. The number of hydrogen-bond acceptors (Lipinski definition) is 11. The Morgan fingerprint density at radius 2 is 1.85 bits per heavy atom.